The standard InChI is InChI=1S/C9H9F3N2O4/c1-18-8(17)5-4-6(7(15)16)14(13-5)3-2-9(10,11)12/h4H,2-3H2,1H3,(H,15,16). The van der Waals surface area contributed by atoms with Crippen LogP contribution in [0.4, 0.5) is 13.2 Å². The van der Waals surface area contributed by atoms with Crippen molar-refractivity contribution in [2.75, 3.05) is 7.11 Å². The van der Waals surface area contributed by atoms with Gasteiger partial charge >= 0.3 is 18.1 Å². The van der Waals surface area contributed by atoms with E-state index in [2.05, 4.69) is 9.84 Å². The van der Waals surface area contributed by atoms with E-state index < -0.39 is 36.8 Å². The van der Waals surface area contributed by atoms with Crippen molar-refractivity contribution in [3.8, 4) is 0 Å². The minimum atomic E-state index is -4.44. The van der Waals surface area contributed by atoms with Gasteiger partial charge in [-0.15, -0.1) is 0 Å². The molecule has 0 aliphatic rings. The Kier molecular flexibility index (Phi) is 3.94. The maximum atomic E-state index is 12.0. The summed E-state index contributed by atoms with van der Waals surface area (Å²) in [6, 6.07) is 0.866. The molecule has 1 aromatic heterocycles. The van der Waals surface area contributed by atoms with Crippen LogP contribution in [0.1, 0.15) is 27.4 Å². The molecule has 100 valence electrons. The lowest BCUT2D eigenvalue weighted by Crippen LogP contribution is -2.16. The first-order valence-electron chi connectivity index (χ1n) is 4.71. The highest BCUT2D eigenvalue weighted by atomic mass is 19.4. The number of carbonyl (C=O) groups is 2. The minimum absolute atomic E-state index is 0.350. The number of carboxylic acid groups (broad SMARTS) is 1. The van der Waals surface area contributed by atoms with Crippen LogP contribution in [0.3, 0.4) is 0 Å². The van der Waals surface area contributed by atoms with Crippen LogP contribution >= 0.6 is 0 Å². The number of ether oxygens (including phenoxy) is 1. The van der Waals surface area contributed by atoms with Gasteiger partial charge in [-0.05, 0) is 0 Å². The fraction of sp³-hybridized carbons (Fsp3) is 0.444. The largest absolute Gasteiger partial charge is 0.477 e. The van der Waals surface area contributed by atoms with Crippen molar-refractivity contribution in [1.82, 2.24) is 9.78 Å². The van der Waals surface area contributed by atoms with Crippen LogP contribution in [-0.4, -0.2) is 40.1 Å². The summed E-state index contributed by atoms with van der Waals surface area (Å²) in [5.41, 5.74) is -0.850. The molecule has 6 nitrogen and oxygen atoms in total. The van der Waals surface area contributed by atoms with Crippen molar-refractivity contribution in [2.45, 2.75) is 19.1 Å². The van der Waals surface area contributed by atoms with E-state index in [1.807, 2.05) is 0 Å². The summed E-state index contributed by atoms with van der Waals surface area (Å²) >= 11 is 0. The van der Waals surface area contributed by atoms with E-state index >= 15 is 0 Å². The van der Waals surface area contributed by atoms with E-state index in [0.717, 1.165) is 13.2 Å². The van der Waals surface area contributed by atoms with Crippen molar-refractivity contribution in [3.05, 3.63) is 17.5 Å². The topological polar surface area (TPSA) is 81.4 Å². The molecule has 0 saturated heterocycles. The van der Waals surface area contributed by atoms with Crippen LogP contribution in [0.2, 0.25) is 0 Å². The van der Waals surface area contributed by atoms with Crippen LogP contribution in [0.15, 0.2) is 6.07 Å². The van der Waals surface area contributed by atoms with Crippen LogP contribution in [-0.2, 0) is 11.3 Å². The van der Waals surface area contributed by atoms with Gasteiger partial charge in [0, 0.05) is 6.07 Å². The van der Waals surface area contributed by atoms with Gasteiger partial charge in [0.05, 0.1) is 20.1 Å². The number of hydrogen-bond donors (Lipinski definition) is 1. The molecule has 0 aliphatic carbocycles. The highest BCUT2D eigenvalue weighted by Gasteiger charge is 2.28. The van der Waals surface area contributed by atoms with Gasteiger partial charge in [0.15, 0.2) is 5.69 Å². The third-order valence-electron chi connectivity index (χ3n) is 2.00. The number of aryl methyl sites for hydroxylation is 1. The Morgan fingerprint density at radius 3 is 2.56 bits per heavy atom. The molecule has 0 spiro atoms. The summed E-state index contributed by atoms with van der Waals surface area (Å²) in [5, 5.41) is 12.2. The summed E-state index contributed by atoms with van der Waals surface area (Å²) in [4.78, 5) is 21.9. The Morgan fingerprint density at radius 2 is 2.11 bits per heavy atom. The van der Waals surface area contributed by atoms with Crippen LogP contribution < -0.4 is 0 Å². The predicted molar refractivity (Wildman–Crippen MR) is 51.2 cm³/mol. The summed E-state index contributed by atoms with van der Waals surface area (Å²) in [7, 11) is 1.05. The van der Waals surface area contributed by atoms with Gasteiger partial charge < -0.3 is 9.84 Å². The van der Waals surface area contributed by atoms with Gasteiger partial charge in [0.25, 0.3) is 0 Å². The van der Waals surface area contributed by atoms with E-state index in [1.165, 1.54) is 0 Å². The normalized spacial score (nSPS) is 11.3. The number of aromatic carboxylic acids is 1. The number of halogens is 3. The van der Waals surface area contributed by atoms with Crippen LogP contribution in [0.25, 0.3) is 0 Å². The molecule has 1 rings (SSSR count). The monoisotopic (exact) mass is 266 g/mol. The molecule has 0 radical (unpaired) electrons. The average molecular weight is 266 g/mol. The molecule has 1 heterocycles. The molecule has 0 unspecified atom stereocenters. The number of methoxy groups -OCH3 is 1. The fourth-order valence-electron chi connectivity index (χ4n) is 1.20. The lowest BCUT2D eigenvalue weighted by molar-refractivity contribution is -0.137. The molecule has 0 amide bonds. The third kappa shape index (κ3) is 3.47. The lowest BCUT2D eigenvalue weighted by atomic mass is 10.3. The Labute approximate surface area is 99.0 Å². The number of alkyl halides is 3. The molecule has 0 bridgehead atoms. The van der Waals surface area contributed by atoms with Gasteiger partial charge in [0.2, 0.25) is 0 Å². The van der Waals surface area contributed by atoms with Crippen molar-refractivity contribution in [1.29, 1.82) is 0 Å². The highest BCUT2D eigenvalue weighted by molar-refractivity contribution is 5.92. The molecule has 0 fully saturated rings. The maximum absolute atomic E-state index is 12.0. The van der Waals surface area contributed by atoms with Gasteiger partial charge in [-0.2, -0.15) is 18.3 Å². The molecule has 18 heavy (non-hydrogen) atoms. The Bertz CT molecular complexity index is 467. The number of carbonyl (C=O) groups excluding carboxylic acids is 1. The Hall–Kier alpha value is -2.06. The quantitative estimate of drug-likeness (QED) is 0.831. The molecule has 1 N–H and O–H groups in total. The van der Waals surface area contributed by atoms with Crippen molar-refractivity contribution < 1.29 is 32.6 Å². The SMILES string of the molecule is COC(=O)c1cc(C(=O)O)n(CCC(F)(F)F)n1. The van der Waals surface area contributed by atoms with Crippen molar-refractivity contribution in [3.63, 3.8) is 0 Å². The molecule has 0 saturated carbocycles. The average Bonchev–Trinajstić information content (AvgIpc) is 2.68. The second kappa shape index (κ2) is 5.07. The zero-order valence-electron chi connectivity index (χ0n) is 9.19. The number of carboxylic acids is 1. The smallest absolute Gasteiger partial charge is 0.390 e. The molecule has 9 heteroatoms. The lowest BCUT2D eigenvalue weighted by Gasteiger charge is -2.07. The number of rotatable bonds is 4. The van der Waals surface area contributed by atoms with E-state index in [-0.39, 0.29) is 5.69 Å². The first kappa shape index (κ1) is 14.0. The molecule has 1 aromatic rings. The first-order valence-corrected chi connectivity index (χ1v) is 4.71. The number of nitrogens with zero attached hydrogens (tertiary/aromatic N) is 2. The molecule has 0 aliphatic heterocycles. The summed E-state index contributed by atoms with van der Waals surface area (Å²) in [5.74, 6) is -2.39. The molecule has 0 aromatic carbocycles. The zero-order chi connectivity index (χ0) is 13.9. The third-order valence-corrected chi connectivity index (χ3v) is 2.00. The van der Waals surface area contributed by atoms with Gasteiger partial charge in [-0.1, -0.05) is 0 Å². The van der Waals surface area contributed by atoms with Gasteiger partial charge in [-0.25, -0.2) is 9.59 Å². The van der Waals surface area contributed by atoms with Gasteiger partial charge in [-0.3, -0.25) is 4.68 Å². The molecule has 0 atom stereocenters. The van der Waals surface area contributed by atoms with E-state index in [1.54, 1.807) is 0 Å². The van der Waals surface area contributed by atoms with Crippen molar-refractivity contribution in [2.24, 2.45) is 0 Å². The molecular formula is C9H9F3N2O4. The van der Waals surface area contributed by atoms with Crippen molar-refractivity contribution >= 4 is 11.9 Å². The Morgan fingerprint density at radius 1 is 1.50 bits per heavy atom. The van der Waals surface area contributed by atoms with Gasteiger partial charge in [0.1, 0.15) is 5.69 Å². The van der Waals surface area contributed by atoms with E-state index in [9.17, 15) is 22.8 Å². The first-order chi connectivity index (χ1) is 8.24. The van der Waals surface area contributed by atoms with E-state index in [4.69, 9.17) is 5.11 Å². The maximum Gasteiger partial charge on any atom is 0.390 e. The predicted octanol–water partition coefficient (Wildman–Crippen LogP) is 1.32. The van der Waals surface area contributed by atoms with E-state index in [0.29, 0.717) is 4.68 Å². The number of esters is 1. The molecular weight excluding hydrogens is 257 g/mol. The van der Waals surface area contributed by atoms with Crippen LogP contribution in [0, 0.1) is 0 Å². The highest BCUT2D eigenvalue weighted by Crippen LogP contribution is 2.20. The minimum Gasteiger partial charge on any atom is -0.477 e. The van der Waals surface area contributed by atoms with Crippen LogP contribution in [0.5, 0.6) is 0 Å². The summed E-state index contributed by atoms with van der Waals surface area (Å²) < 4.78 is 41.0. The fourth-order valence-corrected chi connectivity index (χ4v) is 1.20. The number of aromatic nitrogens is 2. The Balaban J connectivity index is 2.98. The summed E-state index contributed by atoms with van der Waals surface area (Å²) in [6.07, 6.45) is -5.68. The number of hydrogen-bond acceptors (Lipinski definition) is 4. The zero-order valence-corrected chi connectivity index (χ0v) is 9.19. The second-order valence-corrected chi connectivity index (χ2v) is 3.30. The summed E-state index contributed by atoms with van der Waals surface area (Å²) in [6.45, 7) is -0.678. The second-order valence-electron chi connectivity index (χ2n) is 3.30.